The van der Waals surface area contributed by atoms with Crippen LogP contribution in [0.1, 0.15) is 24.2 Å². The number of hydrogen-bond acceptors (Lipinski definition) is 4. The van der Waals surface area contributed by atoms with Crippen LogP contribution < -0.4 is 0 Å². The van der Waals surface area contributed by atoms with Crippen molar-refractivity contribution in [2.75, 3.05) is 26.2 Å². The van der Waals surface area contributed by atoms with E-state index in [0.717, 1.165) is 51.4 Å². The Morgan fingerprint density at radius 2 is 1.93 bits per heavy atom. The van der Waals surface area contributed by atoms with E-state index in [4.69, 9.17) is 0 Å². The van der Waals surface area contributed by atoms with Gasteiger partial charge in [0.15, 0.2) is 0 Å². The number of piperidine rings is 1. The number of aryl methyl sites for hydroxylation is 1. The fourth-order valence-corrected chi connectivity index (χ4v) is 4.79. The number of aliphatic carboxylic acids is 1. The molecule has 27 heavy (non-hydrogen) atoms. The smallest absolute Gasteiger partial charge is 0.308 e. The van der Waals surface area contributed by atoms with Crippen LogP contribution in [0.25, 0.3) is 0 Å². The molecule has 1 spiro atoms. The quantitative estimate of drug-likeness (QED) is 0.877. The molecule has 6 nitrogen and oxygen atoms in total. The van der Waals surface area contributed by atoms with E-state index in [1.807, 2.05) is 23.9 Å². The highest BCUT2D eigenvalue weighted by molar-refractivity contribution is 5.72. The molecule has 2 aliphatic heterocycles. The zero-order chi connectivity index (χ0) is 18.9. The average molecular weight is 368 g/mol. The lowest BCUT2D eigenvalue weighted by Gasteiger charge is -2.41. The molecule has 1 aromatic heterocycles. The summed E-state index contributed by atoms with van der Waals surface area (Å²) in [6.07, 6.45) is 5.65. The van der Waals surface area contributed by atoms with Crippen molar-refractivity contribution in [2.24, 2.45) is 18.4 Å². The lowest BCUT2D eigenvalue weighted by molar-refractivity contribution is -0.146. The number of nitrogens with zero attached hydrogens (tertiary/aromatic N) is 4. The highest BCUT2D eigenvalue weighted by Crippen LogP contribution is 2.45. The van der Waals surface area contributed by atoms with Crippen molar-refractivity contribution in [2.45, 2.75) is 25.9 Å². The minimum Gasteiger partial charge on any atom is -0.481 e. The maximum Gasteiger partial charge on any atom is 0.308 e. The second kappa shape index (κ2) is 7.44. The maximum atomic E-state index is 12.0. The Kier molecular flexibility index (Phi) is 5.02. The molecule has 2 aliphatic rings. The number of benzene rings is 1. The molecule has 2 saturated heterocycles. The van der Waals surface area contributed by atoms with Crippen LogP contribution in [0, 0.1) is 11.3 Å². The topological polar surface area (TPSA) is 61.6 Å². The largest absolute Gasteiger partial charge is 0.481 e. The molecule has 4 rings (SSSR count). The van der Waals surface area contributed by atoms with E-state index in [0.29, 0.717) is 6.54 Å². The minimum atomic E-state index is -0.645. The molecule has 0 amide bonds. The van der Waals surface area contributed by atoms with Crippen molar-refractivity contribution in [3.05, 3.63) is 54.1 Å². The van der Waals surface area contributed by atoms with E-state index in [1.165, 1.54) is 5.56 Å². The maximum absolute atomic E-state index is 12.0. The van der Waals surface area contributed by atoms with Crippen molar-refractivity contribution in [1.29, 1.82) is 0 Å². The summed E-state index contributed by atoms with van der Waals surface area (Å²) < 4.78 is 2.02. The van der Waals surface area contributed by atoms with Gasteiger partial charge < -0.3 is 9.67 Å². The second-order valence-corrected chi connectivity index (χ2v) is 8.14. The number of rotatable bonds is 5. The van der Waals surface area contributed by atoms with Crippen molar-refractivity contribution in [3.63, 3.8) is 0 Å². The van der Waals surface area contributed by atoms with Crippen LogP contribution in [0.4, 0.5) is 0 Å². The highest BCUT2D eigenvalue weighted by atomic mass is 16.4. The zero-order valence-corrected chi connectivity index (χ0v) is 15.9. The highest BCUT2D eigenvalue weighted by Gasteiger charge is 2.51. The third-order valence-electron chi connectivity index (χ3n) is 6.40. The molecule has 1 atom stereocenters. The van der Waals surface area contributed by atoms with Gasteiger partial charge in [0, 0.05) is 44.5 Å². The number of imidazole rings is 1. The van der Waals surface area contributed by atoms with Crippen LogP contribution in [0.15, 0.2) is 42.7 Å². The summed E-state index contributed by atoms with van der Waals surface area (Å²) in [6.45, 7) is 5.09. The SMILES string of the molecule is Cn1ccnc1CN1CC(C(=O)O)C2(CCN(Cc3ccccc3)CC2)C1. The zero-order valence-electron chi connectivity index (χ0n) is 15.9. The summed E-state index contributed by atoms with van der Waals surface area (Å²) in [5, 5.41) is 9.87. The van der Waals surface area contributed by atoms with Crippen LogP contribution in [-0.2, 0) is 24.9 Å². The van der Waals surface area contributed by atoms with Crippen molar-refractivity contribution in [1.82, 2.24) is 19.4 Å². The first-order chi connectivity index (χ1) is 13.1. The molecular formula is C21H28N4O2. The molecular weight excluding hydrogens is 340 g/mol. The first-order valence-corrected chi connectivity index (χ1v) is 9.73. The first kappa shape index (κ1) is 18.2. The molecule has 1 N–H and O–H groups in total. The first-order valence-electron chi connectivity index (χ1n) is 9.73. The van der Waals surface area contributed by atoms with Gasteiger partial charge in [0.25, 0.3) is 0 Å². The second-order valence-electron chi connectivity index (χ2n) is 8.14. The van der Waals surface area contributed by atoms with E-state index in [2.05, 4.69) is 39.0 Å². The molecule has 0 bridgehead atoms. The van der Waals surface area contributed by atoms with E-state index >= 15 is 0 Å². The van der Waals surface area contributed by atoms with Gasteiger partial charge in [-0.05, 0) is 31.5 Å². The lowest BCUT2D eigenvalue weighted by Crippen LogP contribution is -2.45. The minimum absolute atomic E-state index is 0.107. The number of aromatic nitrogens is 2. The monoisotopic (exact) mass is 368 g/mol. The summed E-state index contributed by atoms with van der Waals surface area (Å²) in [5.74, 6) is 0.0724. The Labute approximate surface area is 160 Å². The summed E-state index contributed by atoms with van der Waals surface area (Å²) in [4.78, 5) is 21.2. The van der Waals surface area contributed by atoms with Crippen molar-refractivity contribution >= 4 is 5.97 Å². The number of carbonyl (C=O) groups is 1. The van der Waals surface area contributed by atoms with E-state index in [-0.39, 0.29) is 11.3 Å². The summed E-state index contributed by atoms with van der Waals surface area (Å²) in [7, 11) is 1.99. The Balaban J connectivity index is 1.42. The molecule has 6 heteroatoms. The molecule has 0 saturated carbocycles. The Hall–Kier alpha value is -2.18. The van der Waals surface area contributed by atoms with Crippen LogP contribution in [-0.4, -0.2) is 56.6 Å². The standard InChI is InChI=1S/C21H28N4O2/c1-23-12-9-22-19(23)15-25-14-18(20(26)27)21(16-25)7-10-24(11-8-21)13-17-5-3-2-4-6-17/h2-6,9,12,18H,7-8,10-11,13-16H2,1H3,(H,26,27). The van der Waals surface area contributed by atoms with E-state index < -0.39 is 5.97 Å². The summed E-state index contributed by atoms with van der Waals surface area (Å²) in [5.41, 5.74) is 1.22. The van der Waals surface area contributed by atoms with Crippen LogP contribution >= 0.6 is 0 Å². The van der Waals surface area contributed by atoms with Gasteiger partial charge >= 0.3 is 5.97 Å². The van der Waals surface area contributed by atoms with Gasteiger partial charge in [-0.25, -0.2) is 4.98 Å². The number of carboxylic acid groups (broad SMARTS) is 1. The number of likely N-dealkylation sites (tertiary alicyclic amines) is 2. The number of hydrogen-bond donors (Lipinski definition) is 1. The third-order valence-corrected chi connectivity index (χ3v) is 6.40. The predicted octanol–water partition coefficient (Wildman–Crippen LogP) is 2.22. The summed E-state index contributed by atoms with van der Waals surface area (Å²) >= 11 is 0. The molecule has 3 heterocycles. The van der Waals surface area contributed by atoms with Crippen LogP contribution in [0.3, 0.4) is 0 Å². The van der Waals surface area contributed by atoms with Crippen molar-refractivity contribution in [3.8, 4) is 0 Å². The van der Waals surface area contributed by atoms with Crippen LogP contribution in [0.5, 0.6) is 0 Å². The fraction of sp³-hybridized carbons (Fsp3) is 0.524. The van der Waals surface area contributed by atoms with Gasteiger partial charge in [0.05, 0.1) is 12.5 Å². The predicted molar refractivity (Wildman–Crippen MR) is 103 cm³/mol. The summed E-state index contributed by atoms with van der Waals surface area (Å²) in [6, 6.07) is 10.5. The molecule has 0 aliphatic carbocycles. The molecule has 1 unspecified atom stereocenters. The third kappa shape index (κ3) is 3.77. The van der Waals surface area contributed by atoms with Gasteiger partial charge in [-0.15, -0.1) is 0 Å². The molecule has 2 aromatic rings. The van der Waals surface area contributed by atoms with Gasteiger partial charge in [-0.1, -0.05) is 30.3 Å². The fourth-order valence-electron chi connectivity index (χ4n) is 4.79. The molecule has 2 fully saturated rings. The Morgan fingerprint density at radius 3 is 2.56 bits per heavy atom. The molecule has 1 aromatic carbocycles. The van der Waals surface area contributed by atoms with Crippen molar-refractivity contribution < 1.29 is 9.90 Å². The normalized spacial score (nSPS) is 23.1. The van der Waals surface area contributed by atoms with Gasteiger partial charge in [-0.2, -0.15) is 0 Å². The lowest BCUT2D eigenvalue weighted by atomic mass is 9.71. The average Bonchev–Trinajstić information content (AvgIpc) is 3.22. The van der Waals surface area contributed by atoms with Gasteiger partial charge in [0.1, 0.15) is 5.82 Å². The van der Waals surface area contributed by atoms with Gasteiger partial charge in [0.2, 0.25) is 0 Å². The number of carboxylic acids is 1. The molecule has 144 valence electrons. The van der Waals surface area contributed by atoms with E-state index in [9.17, 15) is 9.90 Å². The Bertz CT molecular complexity index is 780. The van der Waals surface area contributed by atoms with E-state index in [1.54, 1.807) is 6.20 Å². The van der Waals surface area contributed by atoms with Crippen LogP contribution in [0.2, 0.25) is 0 Å². The molecule has 0 radical (unpaired) electrons. The Morgan fingerprint density at radius 1 is 1.19 bits per heavy atom. The van der Waals surface area contributed by atoms with Gasteiger partial charge in [-0.3, -0.25) is 14.6 Å².